The molecule has 43 heavy (non-hydrogen) atoms. The van der Waals surface area contributed by atoms with E-state index in [9.17, 15) is 24.6 Å². The van der Waals surface area contributed by atoms with E-state index in [4.69, 9.17) is 9.47 Å². The minimum absolute atomic E-state index is 0.0935. The summed E-state index contributed by atoms with van der Waals surface area (Å²) in [6.45, 7) is 9.66. The second-order valence-corrected chi connectivity index (χ2v) is 14.5. The maximum absolute atomic E-state index is 12.5. The first-order valence-corrected chi connectivity index (χ1v) is 16.1. The van der Waals surface area contributed by atoms with Gasteiger partial charge >= 0.3 is 17.9 Å². The summed E-state index contributed by atoms with van der Waals surface area (Å²) < 4.78 is 12.4. The van der Waals surface area contributed by atoms with Crippen LogP contribution in [-0.2, 0) is 23.9 Å². The zero-order chi connectivity index (χ0) is 31.2. The van der Waals surface area contributed by atoms with Crippen LogP contribution in [0.25, 0.3) is 0 Å². The number of fused-ring (bicyclic) bond motifs is 5. The van der Waals surface area contributed by atoms with E-state index >= 15 is 0 Å². The van der Waals surface area contributed by atoms with Gasteiger partial charge in [-0.2, -0.15) is 0 Å². The molecular weight excluding hydrogens is 544 g/mol. The topological polar surface area (TPSA) is 110 Å². The van der Waals surface area contributed by atoms with E-state index in [1.807, 2.05) is 30.3 Å². The average molecular weight is 593 g/mol. The Morgan fingerprint density at radius 2 is 1.70 bits per heavy atom. The first kappa shape index (κ1) is 31.6. The van der Waals surface area contributed by atoms with Crippen LogP contribution in [0.5, 0.6) is 0 Å². The molecule has 7 nitrogen and oxygen atoms in total. The lowest BCUT2D eigenvalue weighted by Crippen LogP contribution is -2.64. The lowest BCUT2D eigenvalue weighted by Gasteiger charge is -2.64. The lowest BCUT2D eigenvalue weighted by molar-refractivity contribution is -0.226. The number of aliphatic carboxylic acids is 1. The van der Waals surface area contributed by atoms with E-state index in [0.29, 0.717) is 32.1 Å². The fourth-order valence-electron chi connectivity index (χ4n) is 10.2. The summed E-state index contributed by atoms with van der Waals surface area (Å²) in [5.41, 5.74) is -0.725. The van der Waals surface area contributed by atoms with Crippen molar-refractivity contribution in [3.8, 4) is 11.8 Å². The minimum atomic E-state index is -1.12. The van der Waals surface area contributed by atoms with Gasteiger partial charge in [-0.05, 0) is 98.5 Å². The number of carboxylic acid groups (broad SMARTS) is 1. The molecule has 0 heterocycles. The molecule has 1 aromatic carbocycles. The molecule has 0 saturated heterocycles. The SMILES string of the molecule is CC(=O)O[C@H]1C[C@H]2[C@@H]([C@H](OC(C)=O)C[C@@H]3C[C@](O)(C#Cc4ccccc4)CC[C@@]32C)[C@@H]2CC[C@H]([C@H](C)CCC(=O)O)[C@@]12C. The molecule has 0 amide bonds. The Labute approximate surface area is 256 Å². The molecule has 0 aromatic heterocycles. The molecule has 4 saturated carbocycles. The maximum Gasteiger partial charge on any atom is 0.303 e. The monoisotopic (exact) mass is 592 g/mol. The molecule has 2 N–H and O–H groups in total. The first-order valence-electron chi connectivity index (χ1n) is 16.1. The number of carboxylic acids is 1. The Kier molecular flexibility index (Phi) is 8.75. The van der Waals surface area contributed by atoms with Gasteiger partial charge in [0, 0.05) is 37.2 Å². The van der Waals surface area contributed by atoms with Crippen molar-refractivity contribution in [2.24, 2.45) is 46.3 Å². The molecule has 7 heteroatoms. The van der Waals surface area contributed by atoms with Crippen molar-refractivity contribution < 1.29 is 34.1 Å². The van der Waals surface area contributed by atoms with E-state index in [0.717, 1.165) is 24.8 Å². The van der Waals surface area contributed by atoms with Crippen LogP contribution in [0.15, 0.2) is 30.3 Å². The number of hydrogen-bond acceptors (Lipinski definition) is 6. The Bertz CT molecular complexity index is 1280. The maximum atomic E-state index is 12.5. The number of ether oxygens (including phenoxy) is 2. The number of carbonyl (C=O) groups excluding carboxylic acids is 2. The van der Waals surface area contributed by atoms with Crippen LogP contribution in [-0.4, -0.2) is 45.9 Å². The van der Waals surface area contributed by atoms with Gasteiger partial charge in [0.1, 0.15) is 17.8 Å². The summed E-state index contributed by atoms with van der Waals surface area (Å²) in [6, 6.07) is 9.70. The third kappa shape index (κ3) is 5.97. The highest BCUT2D eigenvalue weighted by Crippen LogP contribution is 2.69. The molecule has 0 unspecified atom stereocenters. The second-order valence-electron chi connectivity index (χ2n) is 14.5. The summed E-state index contributed by atoms with van der Waals surface area (Å²) in [4.78, 5) is 36.4. The lowest BCUT2D eigenvalue weighted by atomic mass is 9.42. The smallest absolute Gasteiger partial charge is 0.303 e. The van der Waals surface area contributed by atoms with Crippen molar-refractivity contribution in [2.75, 3.05) is 0 Å². The van der Waals surface area contributed by atoms with Gasteiger partial charge in [-0.3, -0.25) is 14.4 Å². The van der Waals surface area contributed by atoms with Crippen molar-refractivity contribution in [1.82, 2.24) is 0 Å². The van der Waals surface area contributed by atoms with Gasteiger partial charge in [-0.25, -0.2) is 0 Å². The summed E-state index contributed by atoms with van der Waals surface area (Å²) in [7, 11) is 0. The van der Waals surface area contributed by atoms with Gasteiger partial charge in [0.2, 0.25) is 0 Å². The van der Waals surface area contributed by atoms with Gasteiger partial charge in [0.25, 0.3) is 0 Å². The van der Waals surface area contributed by atoms with Crippen molar-refractivity contribution >= 4 is 17.9 Å². The molecule has 4 aliphatic rings. The molecule has 234 valence electrons. The van der Waals surface area contributed by atoms with Crippen molar-refractivity contribution in [3.05, 3.63) is 35.9 Å². The molecule has 0 bridgehead atoms. The zero-order valence-electron chi connectivity index (χ0n) is 26.3. The minimum Gasteiger partial charge on any atom is -0.481 e. The molecule has 11 atom stereocenters. The van der Waals surface area contributed by atoms with E-state index in [2.05, 4.69) is 32.6 Å². The first-order chi connectivity index (χ1) is 20.3. The summed E-state index contributed by atoms with van der Waals surface area (Å²) in [6.07, 6.45) is 5.20. The van der Waals surface area contributed by atoms with Crippen LogP contribution in [0.3, 0.4) is 0 Å². The van der Waals surface area contributed by atoms with Gasteiger partial charge < -0.3 is 19.7 Å². The molecule has 5 rings (SSSR count). The van der Waals surface area contributed by atoms with Gasteiger partial charge in [0.05, 0.1) is 0 Å². The normalized spacial score (nSPS) is 40.5. The van der Waals surface area contributed by atoms with Crippen molar-refractivity contribution in [1.29, 1.82) is 0 Å². The number of hydrogen-bond donors (Lipinski definition) is 2. The third-order valence-corrected chi connectivity index (χ3v) is 12.2. The second kappa shape index (κ2) is 11.9. The highest BCUT2D eigenvalue weighted by atomic mass is 16.5. The van der Waals surface area contributed by atoms with E-state index in [1.54, 1.807) is 0 Å². The number of rotatable bonds is 6. The van der Waals surface area contributed by atoms with Crippen LogP contribution in [0.2, 0.25) is 0 Å². The van der Waals surface area contributed by atoms with Gasteiger partial charge in [0.15, 0.2) is 0 Å². The van der Waals surface area contributed by atoms with Gasteiger partial charge in [-0.15, -0.1) is 0 Å². The molecular formula is C36H48O7. The van der Waals surface area contributed by atoms with E-state index in [-0.39, 0.29) is 76.9 Å². The summed E-state index contributed by atoms with van der Waals surface area (Å²) >= 11 is 0. The highest BCUT2D eigenvalue weighted by Gasteiger charge is 2.68. The van der Waals surface area contributed by atoms with Crippen molar-refractivity contribution in [3.63, 3.8) is 0 Å². The fourth-order valence-corrected chi connectivity index (χ4v) is 10.2. The molecule has 0 radical (unpaired) electrons. The van der Waals surface area contributed by atoms with Crippen LogP contribution in [0.4, 0.5) is 0 Å². The number of carbonyl (C=O) groups is 3. The quantitative estimate of drug-likeness (QED) is 0.307. The standard InChI is InChI=1S/C36H48O7/c1-22(11-14-32(39)40)27-12-13-28-33-29(20-31(35(27,28)5)43-24(3)38)34(4)17-18-36(41,16-15-25-9-7-6-8-10-25)21-26(34)19-30(33)42-23(2)37/h6-10,22,26-31,33,41H,11-14,17-21H2,1-5H3,(H,39,40)/t22-,26-,27-,28+,29+,30-,31+,33+,34+,35-,36+/m1/s1. The Hall–Kier alpha value is -2.85. The van der Waals surface area contributed by atoms with Crippen LogP contribution in [0.1, 0.15) is 98.0 Å². The van der Waals surface area contributed by atoms with E-state index < -0.39 is 11.6 Å². The van der Waals surface area contributed by atoms with Gasteiger partial charge in [-0.1, -0.05) is 50.8 Å². The van der Waals surface area contributed by atoms with Crippen LogP contribution < -0.4 is 0 Å². The van der Waals surface area contributed by atoms with Crippen LogP contribution in [0, 0.1) is 58.2 Å². The summed E-state index contributed by atoms with van der Waals surface area (Å²) in [5, 5.41) is 21.1. The predicted molar refractivity (Wildman–Crippen MR) is 161 cm³/mol. The third-order valence-electron chi connectivity index (χ3n) is 12.2. The summed E-state index contributed by atoms with van der Waals surface area (Å²) in [5.74, 6) is 5.88. The molecule has 0 aliphatic heterocycles. The Morgan fingerprint density at radius 3 is 2.35 bits per heavy atom. The Morgan fingerprint density at radius 1 is 1.00 bits per heavy atom. The fraction of sp³-hybridized carbons (Fsp3) is 0.694. The average Bonchev–Trinajstić information content (AvgIpc) is 3.30. The molecule has 4 fully saturated rings. The predicted octanol–water partition coefficient (Wildman–Crippen LogP) is 6.01. The Balaban J connectivity index is 1.49. The zero-order valence-corrected chi connectivity index (χ0v) is 26.3. The highest BCUT2D eigenvalue weighted by molar-refractivity contribution is 5.67. The van der Waals surface area contributed by atoms with E-state index in [1.165, 1.54) is 13.8 Å². The number of aliphatic hydroxyl groups is 1. The number of benzene rings is 1. The van der Waals surface area contributed by atoms with Crippen LogP contribution >= 0.6 is 0 Å². The van der Waals surface area contributed by atoms with Crippen molar-refractivity contribution in [2.45, 2.75) is 110 Å². The molecule has 4 aliphatic carbocycles. The molecule has 1 aromatic rings. The molecule has 0 spiro atoms. The largest absolute Gasteiger partial charge is 0.481 e. The number of esters is 2.